The summed E-state index contributed by atoms with van der Waals surface area (Å²) in [5.74, 6) is -0.0389. The third-order valence-electron chi connectivity index (χ3n) is 4.64. The van der Waals surface area contributed by atoms with Gasteiger partial charge in [0.1, 0.15) is 11.8 Å². The van der Waals surface area contributed by atoms with Crippen molar-refractivity contribution in [1.29, 1.82) is 0 Å². The van der Waals surface area contributed by atoms with Crippen LogP contribution >= 0.6 is 0 Å². The molecule has 1 unspecified atom stereocenters. The fourth-order valence-corrected chi connectivity index (χ4v) is 3.01. The predicted octanol–water partition coefficient (Wildman–Crippen LogP) is 2.78. The maximum Gasteiger partial charge on any atom is 0.416 e. The van der Waals surface area contributed by atoms with Gasteiger partial charge in [-0.15, -0.1) is 0 Å². The summed E-state index contributed by atoms with van der Waals surface area (Å²) in [6, 6.07) is 10.4. The van der Waals surface area contributed by atoms with Gasteiger partial charge in [0, 0.05) is 5.56 Å². The SMILES string of the molecule is O=C(N[C@@H](CO)c1nc(-c2ccc(C(F)(F)F)cc2)no1)C1CNc2ccccc2O1. The maximum absolute atomic E-state index is 12.7. The monoisotopic (exact) mass is 434 g/mol. The van der Waals surface area contributed by atoms with Gasteiger partial charge in [-0.3, -0.25) is 4.79 Å². The topological polar surface area (TPSA) is 110 Å². The van der Waals surface area contributed by atoms with Crippen LogP contribution < -0.4 is 15.4 Å². The Labute approximate surface area is 174 Å². The minimum absolute atomic E-state index is 0.0286. The van der Waals surface area contributed by atoms with Crippen LogP contribution in [0.5, 0.6) is 5.75 Å². The number of carbonyl (C=O) groups excluding carboxylic acids is 1. The van der Waals surface area contributed by atoms with Crippen LogP contribution in [0.25, 0.3) is 11.4 Å². The van der Waals surface area contributed by atoms with Crippen LogP contribution in [-0.4, -0.2) is 40.4 Å². The molecule has 0 fully saturated rings. The third kappa shape index (κ3) is 4.45. The fraction of sp³-hybridized carbons (Fsp3) is 0.250. The zero-order valence-electron chi connectivity index (χ0n) is 15.9. The van der Waals surface area contributed by atoms with Gasteiger partial charge in [0.15, 0.2) is 6.10 Å². The van der Waals surface area contributed by atoms with Crippen LogP contribution in [0.4, 0.5) is 18.9 Å². The molecule has 1 aliphatic rings. The minimum atomic E-state index is -4.45. The first-order valence-electron chi connectivity index (χ1n) is 9.27. The normalized spacial score (nSPS) is 16.6. The smallest absolute Gasteiger partial charge is 0.416 e. The highest BCUT2D eigenvalue weighted by Gasteiger charge is 2.31. The number of anilines is 1. The van der Waals surface area contributed by atoms with Gasteiger partial charge in [-0.1, -0.05) is 29.4 Å². The number of carbonyl (C=O) groups is 1. The summed E-state index contributed by atoms with van der Waals surface area (Å²) >= 11 is 0. The van der Waals surface area contributed by atoms with Crippen LogP contribution in [0, 0.1) is 0 Å². The minimum Gasteiger partial charge on any atom is -0.477 e. The molecule has 2 atom stereocenters. The highest BCUT2D eigenvalue weighted by Crippen LogP contribution is 2.31. The first kappa shape index (κ1) is 20.7. The summed E-state index contributed by atoms with van der Waals surface area (Å²) in [7, 11) is 0. The van der Waals surface area contributed by atoms with E-state index in [0.717, 1.165) is 17.8 Å². The first-order chi connectivity index (χ1) is 14.8. The molecular weight excluding hydrogens is 417 g/mol. The van der Waals surface area contributed by atoms with Crippen molar-refractivity contribution in [2.75, 3.05) is 18.5 Å². The van der Waals surface area contributed by atoms with E-state index < -0.39 is 36.4 Å². The van der Waals surface area contributed by atoms with Gasteiger partial charge >= 0.3 is 6.18 Å². The summed E-state index contributed by atoms with van der Waals surface area (Å²) < 4.78 is 48.9. The number of aromatic nitrogens is 2. The Morgan fingerprint density at radius 3 is 2.68 bits per heavy atom. The van der Waals surface area contributed by atoms with Crippen molar-refractivity contribution < 1.29 is 32.3 Å². The zero-order chi connectivity index (χ0) is 22.0. The number of aliphatic hydroxyl groups is 1. The van der Waals surface area contributed by atoms with Gasteiger partial charge in [-0.25, -0.2) is 0 Å². The molecule has 1 amide bonds. The van der Waals surface area contributed by atoms with Crippen LogP contribution in [-0.2, 0) is 11.0 Å². The highest BCUT2D eigenvalue weighted by molar-refractivity contribution is 5.83. The van der Waals surface area contributed by atoms with Gasteiger partial charge in [0.05, 0.1) is 24.4 Å². The van der Waals surface area contributed by atoms with E-state index in [0.29, 0.717) is 11.3 Å². The van der Waals surface area contributed by atoms with E-state index in [1.165, 1.54) is 12.1 Å². The molecule has 0 bridgehead atoms. The lowest BCUT2D eigenvalue weighted by molar-refractivity contribution is -0.137. The van der Waals surface area contributed by atoms with Crippen LogP contribution in [0.3, 0.4) is 0 Å². The molecule has 162 valence electrons. The zero-order valence-corrected chi connectivity index (χ0v) is 15.9. The number of ether oxygens (including phenoxy) is 1. The molecule has 1 aliphatic heterocycles. The summed E-state index contributed by atoms with van der Waals surface area (Å²) in [5, 5.41) is 19.1. The van der Waals surface area contributed by atoms with E-state index in [9.17, 15) is 23.1 Å². The van der Waals surface area contributed by atoms with Crippen LogP contribution in [0.2, 0.25) is 0 Å². The lowest BCUT2D eigenvalue weighted by atomic mass is 10.1. The molecule has 0 saturated carbocycles. The van der Waals surface area contributed by atoms with Crippen LogP contribution in [0.15, 0.2) is 53.1 Å². The summed E-state index contributed by atoms with van der Waals surface area (Å²) in [6.45, 7) is -0.307. The second-order valence-corrected chi connectivity index (χ2v) is 6.76. The summed E-state index contributed by atoms with van der Waals surface area (Å²) in [4.78, 5) is 16.7. The van der Waals surface area contributed by atoms with Crippen molar-refractivity contribution in [3.8, 4) is 17.1 Å². The van der Waals surface area contributed by atoms with E-state index in [1.807, 2.05) is 12.1 Å². The number of para-hydroxylation sites is 2. The van der Waals surface area contributed by atoms with Crippen molar-refractivity contribution >= 4 is 11.6 Å². The maximum atomic E-state index is 12.7. The molecule has 0 spiro atoms. The molecule has 2 aromatic carbocycles. The van der Waals surface area contributed by atoms with Crippen LogP contribution in [0.1, 0.15) is 17.5 Å². The number of nitrogens with one attached hydrogen (secondary N) is 2. The first-order valence-corrected chi connectivity index (χ1v) is 9.27. The average Bonchev–Trinajstić information content (AvgIpc) is 3.26. The number of hydrogen-bond acceptors (Lipinski definition) is 7. The number of rotatable bonds is 5. The fourth-order valence-electron chi connectivity index (χ4n) is 3.01. The van der Waals surface area contributed by atoms with Gasteiger partial charge in [-0.2, -0.15) is 18.2 Å². The highest BCUT2D eigenvalue weighted by atomic mass is 19.4. The number of nitrogens with zero attached hydrogens (tertiary/aromatic N) is 2. The Morgan fingerprint density at radius 1 is 1.23 bits per heavy atom. The van der Waals surface area contributed by atoms with E-state index in [4.69, 9.17) is 9.26 Å². The second-order valence-electron chi connectivity index (χ2n) is 6.76. The molecule has 0 saturated heterocycles. The largest absolute Gasteiger partial charge is 0.477 e. The molecule has 31 heavy (non-hydrogen) atoms. The Bertz CT molecular complexity index is 1070. The number of aliphatic hydroxyl groups excluding tert-OH is 1. The number of hydrogen-bond donors (Lipinski definition) is 3. The molecule has 0 aliphatic carbocycles. The van der Waals surface area contributed by atoms with E-state index >= 15 is 0 Å². The van der Waals surface area contributed by atoms with Crippen molar-refractivity contribution in [2.45, 2.75) is 18.3 Å². The Kier molecular flexibility index (Phi) is 5.51. The number of amides is 1. The molecule has 3 N–H and O–H groups in total. The summed E-state index contributed by atoms with van der Waals surface area (Å²) in [6.07, 6.45) is -5.30. The van der Waals surface area contributed by atoms with Gasteiger partial charge < -0.3 is 25.0 Å². The Hall–Kier alpha value is -3.60. The van der Waals surface area contributed by atoms with E-state index in [1.54, 1.807) is 12.1 Å². The number of fused-ring (bicyclic) bond motifs is 1. The van der Waals surface area contributed by atoms with E-state index in [-0.39, 0.29) is 18.3 Å². The molecule has 2 heterocycles. The van der Waals surface area contributed by atoms with Gasteiger partial charge in [0.25, 0.3) is 11.8 Å². The average molecular weight is 434 g/mol. The molecular formula is C20H17F3N4O4. The van der Waals surface area contributed by atoms with Crippen molar-refractivity contribution in [1.82, 2.24) is 15.5 Å². The Balaban J connectivity index is 1.44. The third-order valence-corrected chi connectivity index (χ3v) is 4.64. The standard InChI is InChI=1S/C20H17F3N4O4/c21-20(22,23)12-7-5-11(6-8-12)17-26-19(31-27-17)14(10-28)25-18(29)16-9-24-13-3-1-2-4-15(13)30-16/h1-8,14,16,24,28H,9-10H2,(H,25,29)/t14-,16?/m0/s1. The molecule has 1 aromatic heterocycles. The van der Waals surface area contributed by atoms with E-state index in [2.05, 4.69) is 20.8 Å². The Morgan fingerprint density at radius 2 is 1.97 bits per heavy atom. The number of benzene rings is 2. The quantitative estimate of drug-likeness (QED) is 0.567. The number of alkyl halides is 3. The number of halogens is 3. The molecule has 11 heteroatoms. The lowest BCUT2D eigenvalue weighted by Gasteiger charge is -2.27. The van der Waals surface area contributed by atoms with Crippen molar-refractivity contribution in [3.63, 3.8) is 0 Å². The molecule has 8 nitrogen and oxygen atoms in total. The predicted molar refractivity (Wildman–Crippen MR) is 102 cm³/mol. The molecule has 4 rings (SSSR count). The second kappa shape index (κ2) is 8.26. The molecule has 0 radical (unpaired) electrons. The van der Waals surface area contributed by atoms with Gasteiger partial charge in [0.2, 0.25) is 5.82 Å². The van der Waals surface area contributed by atoms with Gasteiger partial charge in [-0.05, 0) is 24.3 Å². The molecule has 3 aromatic rings. The lowest BCUT2D eigenvalue weighted by Crippen LogP contribution is -2.46. The summed E-state index contributed by atoms with van der Waals surface area (Å²) in [5.41, 5.74) is 0.258. The van der Waals surface area contributed by atoms with Crippen molar-refractivity contribution in [3.05, 3.63) is 60.0 Å². The van der Waals surface area contributed by atoms with Crippen molar-refractivity contribution in [2.24, 2.45) is 0 Å².